The molecule has 4 rings (SSSR count). The third-order valence-corrected chi connectivity index (χ3v) is 6.80. The monoisotopic (exact) mass is 665 g/mol. The molecule has 0 spiro atoms. The minimum atomic E-state index is -0.796. The number of halogens is 5. The van der Waals surface area contributed by atoms with Crippen LogP contribution in [0.5, 0.6) is 0 Å². The molecule has 0 fully saturated rings. The fraction of sp³-hybridized carbons (Fsp3) is 0.133. The number of ether oxygens (including phenoxy) is 2. The minimum absolute atomic E-state index is 0.127. The fourth-order valence-electron chi connectivity index (χ4n) is 3.92. The van der Waals surface area contributed by atoms with Crippen molar-refractivity contribution in [1.29, 1.82) is 0 Å². The highest BCUT2D eigenvalue weighted by atomic mass is 127. The van der Waals surface area contributed by atoms with Crippen LogP contribution in [0.4, 0.5) is 23.2 Å². The van der Waals surface area contributed by atoms with Crippen LogP contribution >= 0.6 is 22.6 Å². The number of benzene rings is 4. The van der Waals surface area contributed by atoms with Crippen LogP contribution in [0.25, 0.3) is 22.3 Å². The smallest absolute Gasteiger partial charge is 0.337 e. The second-order valence-corrected chi connectivity index (χ2v) is 9.80. The first-order chi connectivity index (χ1) is 18.9. The lowest BCUT2D eigenvalue weighted by atomic mass is 9.97. The molecular formula is C30H24F4INO4. The van der Waals surface area contributed by atoms with Gasteiger partial charge in [0.1, 0.15) is 23.3 Å². The Morgan fingerprint density at radius 1 is 0.625 bits per heavy atom. The van der Waals surface area contributed by atoms with Gasteiger partial charge in [0, 0.05) is 26.8 Å². The number of hydrogen-bond acceptors (Lipinski definition) is 5. The topological polar surface area (TPSA) is 78.6 Å². The molecule has 40 heavy (non-hydrogen) atoms. The SMILES string of the molecule is COC(=O)c1ccc(-c2cc(I)c(F)cc2F)c(C)c1.COC(=O)c1ccc(-c2cc(N)c(F)cc2F)c(C)c1. The molecule has 4 aromatic carbocycles. The van der Waals surface area contributed by atoms with E-state index < -0.39 is 35.2 Å². The Morgan fingerprint density at radius 3 is 1.48 bits per heavy atom. The lowest BCUT2D eigenvalue weighted by Gasteiger charge is -2.10. The Kier molecular flexibility index (Phi) is 9.91. The van der Waals surface area contributed by atoms with Crippen molar-refractivity contribution in [2.24, 2.45) is 0 Å². The van der Waals surface area contributed by atoms with E-state index in [9.17, 15) is 27.2 Å². The van der Waals surface area contributed by atoms with Gasteiger partial charge in [0.2, 0.25) is 0 Å². The van der Waals surface area contributed by atoms with Gasteiger partial charge in [0.25, 0.3) is 0 Å². The van der Waals surface area contributed by atoms with Crippen molar-refractivity contribution >= 4 is 40.2 Å². The Bertz CT molecular complexity index is 1490. The van der Waals surface area contributed by atoms with E-state index in [0.717, 1.165) is 12.1 Å². The van der Waals surface area contributed by atoms with Crippen molar-refractivity contribution in [1.82, 2.24) is 0 Å². The van der Waals surface area contributed by atoms with E-state index >= 15 is 0 Å². The molecular weight excluding hydrogens is 641 g/mol. The third kappa shape index (κ3) is 6.79. The van der Waals surface area contributed by atoms with Gasteiger partial charge in [0.15, 0.2) is 0 Å². The van der Waals surface area contributed by atoms with E-state index in [1.165, 1.54) is 32.4 Å². The van der Waals surface area contributed by atoms with E-state index in [-0.39, 0.29) is 11.3 Å². The average Bonchev–Trinajstić information content (AvgIpc) is 2.92. The molecule has 0 bridgehead atoms. The second-order valence-electron chi connectivity index (χ2n) is 8.64. The number of esters is 2. The van der Waals surface area contributed by atoms with Crippen LogP contribution in [0, 0.1) is 40.7 Å². The molecule has 0 heterocycles. The quantitative estimate of drug-likeness (QED) is 0.0798. The Morgan fingerprint density at radius 2 is 1.05 bits per heavy atom. The largest absolute Gasteiger partial charge is 0.465 e. The van der Waals surface area contributed by atoms with Crippen LogP contribution in [0.2, 0.25) is 0 Å². The third-order valence-electron chi connectivity index (χ3n) is 5.97. The number of carbonyl (C=O) groups excluding carboxylic acids is 2. The summed E-state index contributed by atoms with van der Waals surface area (Å²) in [6, 6.07) is 13.8. The summed E-state index contributed by atoms with van der Waals surface area (Å²) in [5.74, 6) is -3.64. The van der Waals surface area contributed by atoms with Gasteiger partial charge in [-0.3, -0.25) is 0 Å². The predicted octanol–water partition coefficient (Wildman–Crippen LogP) is 7.64. The molecule has 0 atom stereocenters. The van der Waals surface area contributed by atoms with Gasteiger partial charge in [-0.05, 0) is 95.1 Å². The number of aryl methyl sites for hydroxylation is 2. The molecule has 2 N–H and O–H groups in total. The summed E-state index contributed by atoms with van der Waals surface area (Å²) in [4.78, 5) is 22.8. The van der Waals surface area contributed by atoms with Gasteiger partial charge in [-0.15, -0.1) is 0 Å². The summed E-state index contributed by atoms with van der Waals surface area (Å²) in [5.41, 5.74) is 9.14. The van der Waals surface area contributed by atoms with Crippen molar-refractivity contribution in [3.8, 4) is 22.3 Å². The molecule has 0 aromatic heterocycles. The lowest BCUT2D eigenvalue weighted by Crippen LogP contribution is -2.02. The summed E-state index contributed by atoms with van der Waals surface area (Å²) >= 11 is 1.81. The second kappa shape index (κ2) is 12.9. The Labute approximate surface area is 242 Å². The molecule has 0 saturated carbocycles. The zero-order chi connectivity index (χ0) is 29.7. The predicted molar refractivity (Wildman–Crippen MR) is 153 cm³/mol. The van der Waals surface area contributed by atoms with Crippen molar-refractivity contribution in [3.63, 3.8) is 0 Å². The zero-order valence-electron chi connectivity index (χ0n) is 21.9. The van der Waals surface area contributed by atoms with Gasteiger partial charge in [-0.25, -0.2) is 27.2 Å². The van der Waals surface area contributed by atoms with E-state index in [1.807, 2.05) is 22.6 Å². The maximum Gasteiger partial charge on any atom is 0.337 e. The number of carbonyl (C=O) groups is 2. The highest BCUT2D eigenvalue weighted by Crippen LogP contribution is 2.31. The van der Waals surface area contributed by atoms with Crippen LogP contribution in [-0.4, -0.2) is 26.2 Å². The van der Waals surface area contributed by atoms with Gasteiger partial charge in [-0.1, -0.05) is 12.1 Å². The lowest BCUT2D eigenvalue weighted by molar-refractivity contribution is 0.0592. The molecule has 0 unspecified atom stereocenters. The molecule has 0 aliphatic heterocycles. The highest BCUT2D eigenvalue weighted by Gasteiger charge is 2.15. The summed E-state index contributed by atoms with van der Waals surface area (Å²) < 4.78 is 63.8. The van der Waals surface area contributed by atoms with Crippen LogP contribution < -0.4 is 5.73 Å². The Balaban J connectivity index is 0.000000220. The molecule has 0 radical (unpaired) electrons. The molecule has 4 aromatic rings. The number of methoxy groups -OCH3 is 2. The van der Waals surface area contributed by atoms with Gasteiger partial charge in [-0.2, -0.15) is 0 Å². The minimum Gasteiger partial charge on any atom is -0.465 e. The van der Waals surface area contributed by atoms with E-state index in [2.05, 4.69) is 9.47 Å². The molecule has 208 valence electrons. The number of nitrogen functional groups attached to an aromatic ring is 1. The van der Waals surface area contributed by atoms with Gasteiger partial charge in [0.05, 0.1) is 31.0 Å². The first-order valence-corrected chi connectivity index (χ1v) is 12.7. The van der Waals surface area contributed by atoms with Gasteiger partial charge < -0.3 is 15.2 Å². The fourth-order valence-corrected chi connectivity index (χ4v) is 4.39. The maximum absolute atomic E-state index is 13.9. The normalized spacial score (nSPS) is 10.4. The van der Waals surface area contributed by atoms with Crippen LogP contribution in [0.1, 0.15) is 31.8 Å². The zero-order valence-corrected chi connectivity index (χ0v) is 24.0. The summed E-state index contributed by atoms with van der Waals surface area (Å²) in [5, 5.41) is 0. The van der Waals surface area contributed by atoms with E-state index in [4.69, 9.17) is 5.73 Å². The maximum atomic E-state index is 13.9. The van der Waals surface area contributed by atoms with Gasteiger partial charge >= 0.3 is 11.9 Å². The molecule has 0 aliphatic rings. The van der Waals surface area contributed by atoms with E-state index in [1.54, 1.807) is 44.2 Å². The Hall–Kier alpha value is -3.93. The summed E-state index contributed by atoms with van der Waals surface area (Å²) in [7, 11) is 2.58. The number of rotatable bonds is 4. The number of anilines is 1. The van der Waals surface area contributed by atoms with Crippen molar-refractivity contribution in [2.75, 3.05) is 20.0 Å². The molecule has 0 amide bonds. The summed E-state index contributed by atoms with van der Waals surface area (Å²) in [6.45, 7) is 3.48. The van der Waals surface area contributed by atoms with Crippen molar-refractivity contribution < 1.29 is 36.6 Å². The highest BCUT2D eigenvalue weighted by molar-refractivity contribution is 14.1. The van der Waals surface area contributed by atoms with Crippen molar-refractivity contribution in [3.05, 3.63) is 110 Å². The average molecular weight is 665 g/mol. The molecule has 0 saturated heterocycles. The summed E-state index contributed by atoms with van der Waals surface area (Å²) in [6.07, 6.45) is 0. The van der Waals surface area contributed by atoms with E-state index in [0.29, 0.717) is 42.5 Å². The van der Waals surface area contributed by atoms with Crippen molar-refractivity contribution in [2.45, 2.75) is 13.8 Å². The molecule has 5 nitrogen and oxygen atoms in total. The number of nitrogens with two attached hydrogens (primary N) is 1. The van der Waals surface area contributed by atoms with Crippen LogP contribution in [-0.2, 0) is 9.47 Å². The standard InChI is InChI=1S/C15H11F2IO2.C15H13F2NO2/c2*1-8-5-9(15(19)20-2)3-4-10(8)11-6-14(18)13(17)7-12(11)16/h3-7H,1-2H3;3-7H,18H2,1-2H3. The molecule has 10 heteroatoms. The first kappa shape index (κ1) is 30.6. The van der Waals surface area contributed by atoms with Crippen LogP contribution in [0.15, 0.2) is 60.7 Å². The number of hydrogen-bond donors (Lipinski definition) is 1. The van der Waals surface area contributed by atoms with Crippen LogP contribution in [0.3, 0.4) is 0 Å². The first-order valence-electron chi connectivity index (χ1n) is 11.7. The molecule has 0 aliphatic carbocycles.